The summed E-state index contributed by atoms with van der Waals surface area (Å²) in [6.07, 6.45) is 1.01. The van der Waals surface area contributed by atoms with Gasteiger partial charge in [-0.3, -0.25) is 0 Å². The second-order valence-electron chi connectivity index (χ2n) is 5.93. The van der Waals surface area contributed by atoms with E-state index in [2.05, 4.69) is 48.6 Å². The van der Waals surface area contributed by atoms with Crippen LogP contribution in [0.3, 0.4) is 0 Å². The first-order chi connectivity index (χ1) is 9.45. The van der Waals surface area contributed by atoms with Gasteiger partial charge >= 0.3 is 0 Å². The molecule has 2 rings (SSSR count). The molecule has 1 aromatic heterocycles. The van der Waals surface area contributed by atoms with Gasteiger partial charge in [-0.05, 0) is 30.7 Å². The van der Waals surface area contributed by atoms with E-state index in [1.165, 1.54) is 11.3 Å². The summed E-state index contributed by atoms with van der Waals surface area (Å²) in [6.45, 7) is 8.37. The van der Waals surface area contributed by atoms with E-state index in [0.29, 0.717) is 0 Å². The van der Waals surface area contributed by atoms with Crippen LogP contribution >= 0.6 is 22.9 Å². The van der Waals surface area contributed by atoms with Crippen molar-refractivity contribution < 1.29 is 0 Å². The predicted octanol–water partition coefficient (Wildman–Crippen LogP) is 4.43. The third-order valence-corrected chi connectivity index (χ3v) is 4.20. The molecule has 0 aliphatic carbocycles. The fourth-order valence-electron chi connectivity index (χ4n) is 1.82. The SMILES string of the molecule is CC(C)(C)c1csc(CNCCc2ccc(Cl)cc2)n1. The van der Waals surface area contributed by atoms with Crippen LogP contribution in [0.25, 0.3) is 0 Å². The van der Waals surface area contributed by atoms with Crippen LogP contribution in [0.5, 0.6) is 0 Å². The van der Waals surface area contributed by atoms with Crippen LogP contribution < -0.4 is 5.32 Å². The Balaban J connectivity index is 1.76. The van der Waals surface area contributed by atoms with Crippen LogP contribution in [-0.2, 0) is 18.4 Å². The lowest BCUT2D eigenvalue weighted by atomic mass is 9.93. The van der Waals surface area contributed by atoms with Gasteiger partial charge in [-0.1, -0.05) is 44.5 Å². The molecular formula is C16H21ClN2S. The van der Waals surface area contributed by atoms with Crippen molar-refractivity contribution in [3.8, 4) is 0 Å². The number of thiazole rings is 1. The van der Waals surface area contributed by atoms with Gasteiger partial charge in [-0.2, -0.15) is 0 Å². The number of rotatable bonds is 5. The highest BCUT2D eigenvalue weighted by Gasteiger charge is 2.16. The molecule has 0 radical (unpaired) electrons. The number of halogens is 1. The lowest BCUT2D eigenvalue weighted by Crippen LogP contribution is -2.17. The molecule has 0 bridgehead atoms. The van der Waals surface area contributed by atoms with E-state index < -0.39 is 0 Å². The summed E-state index contributed by atoms with van der Waals surface area (Å²) in [7, 11) is 0. The maximum atomic E-state index is 5.87. The lowest BCUT2D eigenvalue weighted by molar-refractivity contribution is 0.568. The van der Waals surface area contributed by atoms with Crippen molar-refractivity contribution in [2.45, 2.75) is 39.2 Å². The largest absolute Gasteiger partial charge is 0.310 e. The molecule has 4 heteroatoms. The third-order valence-electron chi connectivity index (χ3n) is 3.10. The zero-order chi connectivity index (χ0) is 14.6. The van der Waals surface area contributed by atoms with E-state index in [1.54, 1.807) is 11.3 Å². The van der Waals surface area contributed by atoms with E-state index in [4.69, 9.17) is 11.6 Å². The fourth-order valence-corrected chi connectivity index (χ4v) is 2.93. The lowest BCUT2D eigenvalue weighted by Gasteiger charge is -2.14. The summed E-state index contributed by atoms with van der Waals surface area (Å²) >= 11 is 7.60. The number of hydrogen-bond acceptors (Lipinski definition) is 3. The van der Waals surface area contributed by atoms with Gasteiger partial charge in [0.05, 0.1) is 5.69 Å². The van der Waals surface area contributed by atoms with Crippen molar-refractivity contribution in [2.75, 3.05) is 6.54 Å². The molecule has 0 amide bonds. The van der Waals surface area contributed by atoms with Gasteiger partial charge in [0.1, 0.15) is 5.01 Å². The molecule has 0 spiro atoms. The minimum absolute atomic E-state index is 0.137. The molecule has 2 aromatic rings. The molecule has 0 fully saturated rings. The molecule has 1 aromatic carbocycles. The molecule has 2 nitrogen and oxygen atoms in total. The van der Waals surface area contributed by atoms with Gasteiger partial charge in [0.2, 0.25) is 0 Å². The normalized spacial score (nSPS) is 11.8. The highest BCUT2D eigenvalue weighted by molar-refractivity contribution is 7.09. The van der Waals surface area contributed by atoms with Crippen molar-refractivity contribution in [1.82, 2.24) is 10.3 Å². The first-order valence-electron chi connectivity index (χ1n) is 6.85. The quantitative estimate of drug-likeness (QED) is 0.827. The molecule has 0 aliphatic rings. The van der Waals surface area contributed by atoms with Crippen molar-refractivity contribution >= 4 is 22.9 Å². The van der Waals surface area contributed by atoms with Gasteiger partial charge in [0.25, 0.3) is 0 Å². The Morgan fingerprint density at radius 1 is 1.20 bits per heavy atom. The maximum Gasteiger partial charge on any atom is 0.107 e. The van der Waals surface area contributed by atoms with Crippen LogP contribution in [0.4, 0.5) is 0 Å². The van der Waals surface area contributed by atoms with Crippen molar-refractivity contribution in [1.29, 1.82) is 0 Å². The fraction of sp³-hybridized carbons (Fsp3) is 0.438. The Labute approximate surface area is 130 Å². The third kappa shape index (κ3) is 4.58. The van der Waals surface area contributed by atoms with Crippen LogP contribution in [0.1, 0.15) is 37.0 Å². The predicted molar refractivity (Wildman–Crippen MR) is 87.7 cm³/mol. The Kier molecular flexibility index (Phi) is 5.19. The Hall–Kier alpha value is -0.900. The van der Waals surface area contributed by atoms with Crippen molar-refractivity contribution in [3.63, 3.8) is 0 Å². The zero-order valence-electron chi connectivity index (χ0n) is 12.2. The van der Waals surface area contributed by atoms with Gasteiger partial charge in [0.15, 0.2) is 0 Å². The summed E-state index contributed by atoms with van der Waals surface area (Å²) < 4.78 is 0. The number of nitrogens with one attached hydrogen (secondary N) is 1. The number of hydrogen-bond donors (Lipinski definition) is 1. The molecule has 108 valence electrons. The topological polar surface area (TPSA) is 24.9 Å². The summed E-state index contributed by atoms with van der Waals surface area (Å²) in [5.74, 6) is 0. The Bertz CT molecular complexity index is 540. The number of nitrogens with zero attached hydrogens (tertiary/aromatic N) is 1. The van der Waals surface area contributed by atoms with Gasteiger partial charge in [0, 0.05) is 22.4 Å². The molecule has 1 heterocycles. The molecule has 1 N–H and O–H groups in total. The molecule has 0 saturated carbocycles. The van der Waals surface area contributed by atoms with Crippen LogP contribution in [-0.4, -0.2) is 11.5 Å². The summed E-state index contributed by atoms with van der Waals surface area (Å²) in [6, 6.07) is 8.02. The monoisotopic (exact) mass is 308 g/mol. The Morgan fingerprint density at radius 2 is 1.90 bits per heavy atom. The minimum atomic E-state index is 0.137. The average molecular weight is 309 g/mol. The molecule has 20 heavy (non-hydrogen) atoms. The van der Waals surface area contributed by atoms with Crippen LogP contribution in [0, 0.1) is 0 Å². The zero-order valence-corrected chi connectivity index (χ0v) is 13.8. The molecule has 0 saturated heterocycles. The first kappa shape index (κ1) is 15.5. The Morgan fingerprint density at radius 3 is 2.50 bits per heavy atom. The number of aromatic nitrogens is 1. The number of benzene rings is 1. The van der Waals surface area contributed by atoms with Crippen LogP contribution in [0.2, 0.25) is 5.02 Å². The van der Waals surface area contributed by atoms with Crippen LogP contribution in [0.15, 0.2) is 29.6 Å². The molecule has 0 aliphatic heterocycles. The summed E-state index contributed by atoms with van der Waals surface area (Å²) in [5, 5.41) is 7.56. The van der Waals surface area contributed by atoms with Crippen molar-refractivity contribution in [3.05, 3.63) is 50.9 Å². The highest BCUT2D eigenvalue weighted by atomic mass is 35.5. The van der Waals surface area contributed by atoms with Crippen molar-refractivity contribution in [2.24, 2.45) is 0 Å². The summed E-state index contributed by atoms with van der Waals surface area (Å²) in [5.41, 5.74) is 2.62. The van der Waals surface area contributed by atoms with Gasteiger partial charge < -0.3 is 5.32 Å². The first-order valence-corrected chi connectivity index (χ1v) is 8.11. The molecular weight excluding hydrogens is 288 g/mol. The van der Waals surface area contributed by atoms with Gasteiger partial charge in [-0.25, -0.2) is 4.98 Å². The smallest absolute Gasteiger partial charge is 0.107 e. The molecule has 0 atom stereocenters. The van der Waals surface area contributed by atoms with E-state index in [0.717, 1.165) is 29.5 Å². The highest BCUT2D eigenvalue weighted by Crippen LogP contribution is 2.23. The summed E-state index contributed by atoms with van der Waals surface area (Å²) in [4.78, 5) is 4.68. The van der Waals surface area contributed by atoms with E-state index >= 15 is 0 Å². The van der Waals surface area contributed by atoms with E-state index in [1.807, 2.05) is 12.1 Å². The maximum absolute atomic E-state index is 5.87. The average Bonchev–Trinajstić information content (AvgIpc) is 2.85. The van der Waals surface area contributed by atoms with E-state index in [9.17, 15) is 0 Å². The van der Waals surface area contributed by atoms with Gasteiger partial charge in [-0.15, -0.1) is 11.3 Å². The second kappa shape index (κ2) is 6.70. The minimum Gasteiger partial charge on any atom is -0.310 e. The standard InChI is InChI=1S/C16H21ClN2S/c1-16(2,3)14-11-20-15(19-14)10-18-9-8-12-4-6-13(17)7-5-12/h4-7,11,18H,8-10H2,1-3H3. The van der Waals surface area contributed by atoms with E-state index in [-0.39, 0.29) is 5.41 Å². The molecule has 0 unspecified atom stereocenters. The second-order valence-corrected chi connectivity index (χ2v) is 7.31.